The molecule has 0 aliphatic rings. The Morgan fingerprint density at radius 1 is 0.667 bits per heavy atom. The zero-order chi connectivity index (χ0) is 29.8. The molecule has 2 rings (SSSR count). The minimum atomic E-state index is -0.687. The third-order valence-corrected chi connectivity index (χ3v) is 5.26. The number of thiocarbonyl (C=S) groups is 2. The molecule has 12 heteroatoms. The molecule has 0 heterocycles. The highest BCUT2D eigenvalue weighted by Gasteiger charge is 2.10. The molecule has 0 spiro atoms. The predicted molar refractivity (Wildman–Crippen MR) is 162 cm³/mol. The molecule has 2 aromatic carbocycles. The average Bonchev–Trinajstić information content (AvgIpc) is 2.90. The van der Waals surface area contributed by atoms with Gasteiger partial charge in [-0.15, -0.1) is 0 Å². The Labute approximate surface area is 241 Å². The van der Waals surface area contributed by atoms with Gasteiger partial charge in [-0.3, -0.25) is 9.59 Å². The molecule has 0 aliphatic carbocycles. The van der Waals surface area contributed by atoms with Crippen LogP contribution in [-0.4, -0.2) is 62.3 Å². The average molecular weight is 581 g/mol. The Morgan fingerprint density at radius 2 is 1.00 bits per heavy atom. The summed E-state index contributed by atoms with van der Waals surface area (Å²) in [5.74, 6) is 1.80. The molecule has 0 bridgehead atoms. The van der Waals surface area contributed by atoms with E-state index in [1.807, 2.05) is 64.1 Å². The van der Waals surface area contributed by atoms with Gasteiger partial charge in [0.05, 0.1) is 37.6 Å². The van der Waals surface area contributed by atoms with Gasteiger partial charge in [-0.05, 0) is 64.1 Å². The van der Waals surface area contributed by atoms with Crippen LogP contribution in [0.5, 0.6) is 23.0 Å². The van der Waals surface area contributed by atoms with Crippen LogP contribution in [0.15, 0.2) is 36.4 Å². The first-order valence-electron chi connectivity index (χ1n) is 12.4. The molecule has 10 nitrogen and oxygen atoms in total. The summed E-state index contributed by atoms with van der Waals surface area (Å²) >= 11 is 10.4. The zero-order valence-corrected chi connectivity index (χ0v) is 25.1. The smallest absolute Gasteiger partial charge is 0.226 e. The van der Waals surface area contributed by atoms with Gasteiger partial charge >= 0.3 is 0 Å². The van der Waals surface area contributed by atoms with Crippen LogP contribution in [0, 0.1) is 0 Å². The van der Waals surface area contributed by atoms with Crippen LogP contribution in [0.2, 0.25) is 0 Å². The standard InChI is InChI=1S/2C12H17NO2S.C3H6N2O2/c2*1-4-14-9-6-7-11(15-5-2)10(8-9)12(16)13-3;4-2(6)1-3(5)7/h2*6-8H,4-5H2,1-3H3,(H,13,16);1H2,(H2,4,6)(H2,5,7). The molecular formula is C27H40N4O6S2. The first-order chi connectivity index (χ1) is 18.6. The monoisotopic (exact) mass is 580 g/mol. The summed E-state index contributed by atoms with van der Waals surface area (Å²) < 4.78 is 21.9. The van der Waals surface area contributed by atoms with Crippen LogP contribution in [0.1, 0.15) is 45.2 Å². The molecule has 0 radical (unpaired) electrons. The number of carbonyl (C=O) groups excluding carboxylic acids is 2. The van der Waals surface area contributed by atoms with E-state index < -0.39 is 11.8 Å². The Bertz CT molecular complexity index is 999. The Kier molecular flexibility index (Phi) is 18.4. The highest BCUT2D eigenvalue weighted by molar-refractivity contribution is 7.81. The second-order valence-electron chi connectivity index (χ2n) is 7.32. The molecular weight excluding hydrogens is 540 g/mol. The van der Waals surface area contributed by atoms with E-state index in [0.717, 1.165) is 34.1 Å². The van der Waals surface area contributed by atoms with Crippen molar-refractivity contribution in [2.45, 2.75) is 34.1 Å². The first kappa shape index (κ1) is 35.4. The van der Waals surface area contributed by atoms with E-state index in [-0.39, 0.29) is 6.42 Å². The largest absolute Gasteiger partial charge is 0.494 e. The van der Waals surface area contributed by atoms with E-state index in [1.54, 1.807) is 14.1 Å². The fraction of sp³-hybridized carbons (Fsp3) is 0.407. The normalized spacial score (nSPS) is 9.38. The maximum absolute atomic E-state index is 9.73. The Hall–Kier alpha value is -3.64. The van der Waals surface area contributed by atoms with Crippen molar-refractivity contribution in [1.82, 2.24) is 10.6 Å². The second kappa shape index (κ2) is 20.3. The van der Waals surface area contributed by atoms with E-state index in [0.29, 0.717) is 36.4 Å². The molecule has 2 amide bonds. The van der Waals surface area contributed by atoms with Crippen molar-refractivity contribution >= 4 is 46.2 Å². The van der Waals surface area contributed by atoms with Crippen LogP contribution in [0.3, 0.4) is 0 Å². The van der Waals surface area contributed by atoms with E-state index >= 15 is 0 Å². The third-order valence-electron chi connectivity index (χ3n) is 4.42. The SMILES string of the molecule is CCOc1ccc(OCC)c(C(=S)NC)c1.CCOc1ccc(OCC)c(C(=S)NC)c1.NC(=O)CC(N)=O. The predicted octanol–water partition coefficient (Wildman–Crippen LogP) is 3.10. The molecule has 0 saturated heterocycles. The molecule has 0 aromatic heterocycles. The van der Waals surface area contributed by atoms with Gasteiger partial charge in [0.15, 0.2) is 0 Å². The molecule has 6 N–H and O–H groups in total. The van der Waals surface area contributed by atoms with Gasteiger partial charge in [0, 0.05) is 14.1 Å². The van der Waals surface area contributed by atoms with Gasteiger partial charge in [0.2, 0.25) is 11.8 Å². The number of carbonyl (C=O) groups is 2. The second-order valence-corrected chi connectivity index (χ2v) is 8.13. The van der Waals surface area contributed by atoms with Crippen molar-refractivity contribution in [3.63, 3.8) is 0 Å². The summed E-state index contributed by atoms with van der Waals surface area (Å²) in [6.45, 7) is 10.3. The number of rotatable bonds is 12. The molecule has 0 unspecified atom stereocenters. The number of hydrogen-bond donors (Lipinski definition) is 4. The molecule has 0 aliphatic heterocycles. The lowest BCUT2D eigenvalue weighted by atomic mass is 10.2. The van der Waals surface area contributed by atoms with E-state index in [9.17, 15) is 9.59 Å². The highest BCUT2D eigenvalue weighted by Crippen LogP contribution is 2.25. The highest BCUT2D eigenvalue weighted by atomic mass is 32.1. The van der Waals surface area contributed by atoms with Gasteiger partial charge in [-0.25, -0.2) is 0 Å². The molecule has 216 valence electrons. The van der Waals surface area contributed by atoms with Crippen molar-refractivity contribution < 1.29 is 28.5 Å². The maximum Gasteiger partial charge on any atom is 0.226 e. The topological polar surface area (TPSA) is 147 Å². The van der Waals surface area contributed by atoms with Crippen LogP contribution < -0.4 is 41.0 Å². The molecule has 39 heavy (non-hydrogen) atoms. The van der Waals surface area contributed by atoms with Gasteiger partial charge in [0.25, 0.3) is 0 Å². The summed E-state index contributed by atoms with van der Waals surface area (Å²) in [5, 5.41) is 5.89. The summed E-state index contributed by atoms with van der Waals surface area (Å²) in [4.78, 5) is 20.8. The Morgan fingerprint density at radius 3 is 1.23 bits per heavy atom. The quantitative estimate of drug-likeness (QED) is 0.218. The fourth-order valence-corrected chi connectivity index (χ4v) is 3.21. The lowest BCUT2D eigenvalue weighted by Gasteiger charge is -2.12. The van der Waals surface area contributed by atoms with Gasteiger partial charge in [-0.1, -0.05) is 24.4 Å². The Balaban J connectivity index is 0.000000600. The van der Waals surface area contributed by atoms with Crippen LogP contribution in [0.25, 0.3) is 0 Å². The number of ether oxygens (including phenoxy) is 4. The maximum atomic E-state index is 9.73. The third kappa shape index (κ3) is 14.2. The van der Waals surface area contributed by atoms with Gasteiger partial charge in [-0.2, -0.15) is 0 Å². The van der Waals surface area contributed by atoms with E-state index in [1.165, 1.54) is 0 Å². The summed E-state index contributed by atoms with van der Waals surface area (Å²) in [6.07, 6.45) is -0.361. The van der Waals surface area contributed by atoms with Crippen molar-refractivity contribution in [1.29, 1.82) is 0 Å². The van der Waals surface area contributed by atoms with Crippen molar-refractivity contribution in [2.24, 2.45) is 11.5 Å². The number of nitrogens with one attached hydrogen (secondary N) is 2. The summed E-state index contributed by atoms with van der Waals surface area (Å²) in [6, 6.07) is 11.3. The van der Waals surface area contributed by atoms with Crippen LogP contribution >= 0.6 is 24.4 Å². The first-order valence-corrected chi connectivity index (χ1v) is 13.2. The lowest BCUT2D eigenvalue weighted by Crippen LogP contribution is -2.21. The summed E-state index contributed by atoms with van der Waals surface area (Å²) in [5.41, 5.74) is 10.8. The number of primary amides is 2. The number of benzene rings is 2. The van der Waals surface area contributed by atoms with Crippen LogP contribution in [0.4, 0.5) is 0 Å². The molecule has 0 saturated carbocycles. The van der Waals surface area contributed by atoms with E-state index in [4.69, 9.17) is 43.4 Å². The lowest BCUT2D eigenvalue weighted by molar-refractivity contribution is -0.125. The van der Waals surface area contributed by atoms with Gasteiger partial charge in [0.1, 0.15) is 39.4 Å². The van der Waals surface area contributed by atoms with Crippen molar-refractivity contribution in [2.75, 3.05) is 40.5 Å². The zero-order valence-electron chi connectivity index (χ0n) is 23.4. The van der Waals surface area contributed by atoms with Crippen molar-refractivity contribution in [3.05, 3.63) is 47.5 Å². The minimum absolute atomic E-state index is 0.361. The van der Waals surface area contributed by atoms with Crippen molar-refractivity contribution in [3.8, 4) is 23.0 Å². The number of nitrogens with two attached hydrogens (primary N) is 2. The summed E-state index contributed by atoms with van der Waals surface area (Å²) in [7, 11) is 3.59. The molecule has 0 fully saturated rings. The number of amides is 2. The molecule has 2 aromatic rings. The minimum Gasteiger partial charge on any atom is -0.494 e. The fourth-order valence-electron chi connectivity index (χ4n) is 2.89. The van der Waals surface area contributed by atoms with Crippen LogP contribution in [-0.2, 0) is 9.59 Å². The van der Waals surface area contributed by atoms with E-state index in [2.05, 4.69) is 22.1 Å². The molecule has 0 atom stereocenters. The number of hydrogen-bond acceptors (Lipinski definition) is 8. The van der Waals surface area contributed by atoms with Gasteiger partial charge < -0.3 is 41.0 Å².